The van der Waals surface area contributed by atoms with E-state index in [2.05, 4.69) is 5.32 Å². The molecule has 0 saturated heterocycles. The molecule has 0 radical (unpaired) electrons. The topological polar surface area (TPSA) is 38.0 Å². The zero-order valence-corrected chi connectivity index (χ0v) is 7.57. The third kappa shape index (κ3) is 2.08. The lowest BCUT2D eigenvalue weighted by molar-refractivity contribution is 0.513. The van der Waals surface area contributed by atoms with E-state index < -0.39 is 11.6 Å². The second-order valence-electron chi connectivity index (χ2n) is 3.13. The van der Waals surface area contributed by atoms with Gasteiger partial charge in [0.2, 0.25) is 0 Å². The van der Waals surface area contributed by atoms with Crippen LogP contribution in [0.5, 0.6) is 0 Å². The van der Waals surface area contributed by atoms with Gasteiger partial charge in [-0.15, -0.1) is 0 Å². The first-order valence-electron chi connectivity index (χ1n) is 4.02. The Balaban J connectivity index is 3.04. The number of benzene rings is 1. The Kier molecular flexibility index (Phi) is 2.70. The van der Waals surface area contributed by atoms with Crippen LogP contribution in [0.2, 0.25) is 0 Å². The van der Waals surface area contributed by atoms with Crippen molar-refractivity contribution in [1.82, 2.24) is 0 Å². The molecule has 4 heteroatoms. The zero-order chi connectivity index (χ0) is 10.0. The third-order valence-corrected chi connectivity index (χ3v) is 1.56. The highest BCUT2D eigenvalue weighted by atomic mass is 19.2. The highest BCUT2D eigenvalue weighted by Gasteiger charge is 2.11. The van der Waals surface area contributed by atoms with Gasteiger partial charge in [0.25, 0.3) is 0 Å². The molecule has 2 nitrogen and oxygen atoms in total. The maximum atomic E-state index is 13.1. The molecule has 0 unspecified atom stereocenters. The lowest BCUT2D eigenvalue weighted by Gasteiger charge is -2.11. The van der Waals surface area contributed by atoms with Crippen LogP contribution in [0, 0.1) is 11.6 Å². The summed E-state index contributed by atoms with van der Waals surface area (Å²) in [5.41, 5.74) is 5.14. The number of halogens is 2. The van der Waals surface area contributed by atoms with Crippen molar-refractivity contribution < 1.29 is 8.78 Å². The van der Waals surface area contributed by atoms with Crippen molar-refractivity contribution in [1.29, 1.82) is 0 Å². The molecule has 1 aromatic rings. The molecule has 0 atom stereocenters. The van der Waals surface area contributed by atoms with Crippen LogP contribution in [-0.4, -0.2) is 6.04 Å². The van der Waals surface area contributed by atoms with Crippen LogP contribution in [0.25, 0.3) is 0 Å². The van der Waals surface area contributed by atoms with Crippen LogP contribution in [-0.2, 0) is 0 Å². The predicted molar refractivity (Wildman–Crippen MR) is 49.5 cm³/mol. The molecular formula is C9H12F2N2. The van der Waals surface area contributed by atoms with Crippen molar-refractivity contribution in [3.05, 3.63) is 23.8 Å². The van der Waals surface area contributed by atoms with Crippen LogP contribution in [0.15, 0.2) is 12.1 Å². The molecule has 3 N–H and O–H groups in total. The number of nitrogen functional groups attached to an aromatic ring is 1. The Morgan fingerprint density at radius 1 is 1.23 bits per heavy atom. The number of nitrogens with two attached hydrogens (primary N) is 1. The Morgan fingerprint density at radius 2 is 1.85 bits per heavy atom. The second kappa shape index (κ2) is 3.60. The first-order chi connectivity index (χ1) is 6.02. The van der Waals surface area contributed by atoms with E-state index in [0.29, 0.717) is 0 Å². The van der Waals surface area contributed by atoms with Crippen LogP contribution in [0.4, 0.5) is 20.2 Å². The van der Waals surface area contributed by atoms with E-state index in [1.54, 1.807) is 0 Å². The van der Waals surface area contributed by atoms with Crippen LogP contribution in [0.1, 0.15) is 13.8 Å². The average Bonchev–Trinajstić information content (AvgIpc) is 2.06. The van der Waals surface area contributed by atoms with E-state index in [-0.39, 0.29) is 17.4 Å². The van der Waals surface area contributed by atoms with Gasteiger partial charge in [0.05, 0.1) is 11.4 Å². The van der Waals surface area contributed by atoms with E-state index in [1.807, 2.05) is 13.8 Å². The van der Waals surface area contributed by atoms with Crippen molar-refractivity contribution in [2.45, 2.75) is 19.9 Å². The number of hydrogen-bond donors (Lipinski definition) is 2. The maximum absolute atomic E-state index is 13.1. The van der Waals surface area contributed by atoms with Gasteiger partial charge in [-0.25, -0.2) is 8.78 Å². The smallest absolute Gasteiger partial charge is 0.184 e. The summed E-state index contributed by atoms with van der Waals surface area (Å²) >= 11 is 0. The van der Waals surface area contributed by atoms with Crippen molar-refractivity contribution in [2.24, 2.45) is 0 Å². The largest absolute Gasteiger partial charge is 0.396 e. The van der Waals surface area contributed by atoms with Gasteiger partial charge >= 0.3 is 0 Å². The predicted octanol–water partition coefficient (Wildman–Crippen LogP) is 2.37. The van der Waals surface area contributed by atoms with Gasteiger partial charge in [-0.2, -0.15) is 0 Å². The van der Waals surface area contributed by atoms with E-state index in [0.717, 1.165) is 0 Å². The number of anilines is 2. The minimum Gasteiger partial charge on any atom is -0.396 e. The fraction of sp³-hybridized carbons (Fsp3) is 0.333. The SMILES string of the molecule is CC(C)Nc1ccc(N)c(F)c1F. The number of nitrogens with one attached hydrogen (secondary N) is 1. The van der Waals surface area contributed by atoms with E-state index >= 15 is 0 Å². The average molecular weight is 186 g/mol. The minimum absolute atomic E-state index is 0.0533. The zero-order valence-electron chi connectivity index (χ0n) is 7.57. The summed E-state index contributed by atoms with van der Waals surface area (Å²) in [6.07, 6.45) is 0. The van der Waals surface area contributed by atoms with Gasteiger partial charge < -0.3 is 11.1 Å². The normalized spacial score (nSPS) is 10.5. The molecule has 1 aromatic carbocycles. The molecule has 72 valence electrons. The van der Waals surface area contributed by atoms with Crippen LogP contribution >= 0.6 is 0 Å². The maximum Gasteiger partial charge on any atom is 0.184 e. The van der Waals surface area contributed by atoms with E-state index in [1.165, 1.54) is 12.1 Å². The summed E-state index contributed by atoms with van der Waals surface area (Å²) < 4.78 is 26.0. The summed E-state index contributed by atoms with van der Waals surface area (Å²) in [4.78, 5) is 0. The Bertz CT molecular complexity index is 311. The van der Waals surface area contributed by atoms with Gasteiger partial charge in [-0.05, 0) is 26.0 Å². The summed E-state index contributed by atoms with van der Waals surface area (Å²) in [6, 6.07) is 2.81. The number of rotatable bonds is 2. The fourth-order valence-electron chi connectivity index (χ4n) is 0.987. The first-order valence-corrected chi connectivity index (χ1v) is 4.02. The van der Waals surface area contributed by atoms with Gasteiger partial charge in [-0.1, -0.05) is 0 Å². The standard InChI is InChI=1S/C9H12F2N2/c1-5(2)13-7-4-3-6(12)8(10)9(7)11/h3-5,13H,12H2,1-2H3. The molecule has 1 rings (SSSR count). The van der Waals surface area contributed by atoms with Crippen molar-refractivity contribution in [3.8, 4) is 0 Å². The van der Waals surface area contributed by atoms with Crippen molar-refractivity contribution >= 4 is 11.4 Å². The Hall–Kier alpha value is -1.32. The first kappa shape index (κ1) is 9.77. The summed E-state index contributed by atoms with van der Waals surface area (Å²) in [5.74, 6) is -1.92. The monoisotopic (exact) mass is 186 g/mol. The van der Waals surface area contributed by atoms with E-state index in [4.69, 9.17) is 5.73 Å². The highest BCUT2D eigenvalue weighted by molar-refractivity contribution is 5.54. The quantitative estimate of drug-likeness (QED) is 0.696. The summed E-state index contributed by atoms with van der Waals surface area (Å²) in [7, 11) is 0. The Morgan fingerprint density at radius 3 is 2.38 bits per heavy atom. The molecule has 0 bridgehead atoms. The molecule has 0 aliphatic heterocycles. The fourth-order valence-corrected chi connectivity index (χ4v) is 0.987. The van der Waals surface area contributed by atoms with Crippen LogP contribution in [0.3, 0.4) is 0 Å². The van der Waals surface area contributed by atoms with Gasteiger partial charge in [-0.3, -0.25) is 0 Å². The van der Waals surface area contributed by atoms with Crippen molar-refractivity contribution in [3.63, 3.8) is 0 Å². The van der Waals surface area contributed by atoms with Crippen molar-refractivity contribution in [2.75, 3.05) is 11.1 Å². The molecule has 0 spiro atoms. The van der Waals surface area contributed by atoms with E-state index in [9.17, 15) is 8.78 Å². The van der Waals surface area contributed by atoms with Gasteiger partial charge in [0.15, 0.2) is 11.6 Å². The lowest BCUT2D eigenvalue weighted by atomic mass is 10.2. The molecule has 0 amide bonds. The molecule has 0 saturated carbocycles. The molecular weight excluding hydrogens is 174 g/mol. The number of hydrogen-bond acceptors (Lipinski definition) is 2. The van der Waals surface area contributed by atoms with Gasteiger partial charge in [0, 0.05) is 6.04 Å². The van der Waals surface area contributed by atoms with Gasteiger partial charge in [0.1, 0.15) is 0 Å². The lowest BCUT2D eigenvalue weighted by Crippen LogP contribution is -2.12. The molecule has 0 fully saturated rings. The summed E-state index contributed by atoms with van der Waals surface area (Å²) in [6.45, 7) is 3.68. The minimum atomic E-state index is -0.995. The third-order valence-electron chi connectivity index (χ3n) is 1.56. The summed E-state index contributed by atoms with van der Waals surface area (Å²) in [5, 5.41) is 2.77. The molecule has 0 aliphatic carbocycles. The molecule has 0 heterocycles. The Labute approximate surface area is 75.7 Å². The molecule has 13 heavy (non-hydrogen) atoms. The second-order valence-corrected chi connectivity index (χ2v) is 3.13. The van der Waals surface area contributed by atoms with Crippen LogP contribution < -0.4 is 11.1 Å². The highest BCUT2D eigenvalue weighted by Crippen LogP contribution is 2.22. The molecule has 0 aliphatic rings. The molecule has 0 aromatic heterocycles.